The number of nitrogens with one attached hydrogen (secondary N) is 1. The molecule has 0 aliphatic heterocycles. The molecule has 0 aromatic rings. The molecule has 1 amide bonds. The first kappa shape index (κ1) is 14.9. The molecule has 3 nitrogen and oxygen atoms in total. The lowest BCUT2D eigenvalue weighted by Crippen LogP contribution is -2.46. The third-order valence-corrected chi connectivity index (χ3v) is 1.58. The zero-order valence-corrected chi connectivity index (χ0v) is 8.52. The van der Waals surface area contributed by atoms with Crippen molar-refractivity contribution in [1.29, 1.82) is 0 Å². The number of carbonyl (C=O) groups excluding carboxylic acids is 1. The third-order valence-electron chi connectivity index (χ3n) is 1.58. The van der Waals surface area contributed by atoms with Crippen LogP contribution in [0.3, 0.4) is 0 Å². The molecule has 0 heterocycles. The zero-order valence-electron chi connectivity index (χ0n) is 8.52. The van der Waals surface area contributed by atoms with E-state index in [9.17, 15) is 22.4 Å². The van der Waals surface area contributed by atoms with E-state index in [1.54, 1.807) is 11.4 Å². The SMILES string of the molecule is C=CCCOCCNC(=O)C(F)(F)C(F)F. The van der Waals surface area contributed by atoms with Crippen molar-refractivity contribution in [3.8, 4) is 0 Å². The highest BCUT2D eigenvalue weighted by molar-refractivity contribution is 5.83. The molecular weight excluding hydrogens is 230 g/mol. The fraction of sp³-hybridized carbons (Fsp3) is 0.667. The van der Waals surface area contributed by atoms with Crippen LogP contribution >= 0.6 is 0 Å². The number of rotatable bonds is 8. The van der Waals surface area contributed by atoms with Crippen LogP contribution in [0.15, 0.2) is 12.7 Å². The van der Waals surface area contributed by atoms with Gasteiger partial charge in [-0.3, -0.25) is 4.79 Å². The number of hydrogen-bond acceptors (Lipinski definition) is 2. The van der Waals surface area contributed by atoms with Crippen LogP contribution < -0.4 is 5.32 Å². The van der Waals surface area contributed by atoms with Crippen molar-refractivity contribution in [3.63, 3.8) is 0 Å². The van der Waals surface area contributed by atoms with Crippen molar-refractivity contribution in [1.82, 2.24) is 5.32 Å². The molecule has 94 valence electrons. The summed E-state index contributed by atoms with van der Waals surface area (Å²) in [5.74, 6) is -6.64. The van der Waals surface area contributed by atoms with Crippen molar-refractivity contribution >= 4 is 5.91 Å². The van der Waals surface area contributed by atoms with E-state index >= 15 is 0 Å². The first-order chi connectivity index (χ1) is 7.42. The van der Waals surface area contributed by atoms with Crippen molar-refractivity contribution in [2.45, 2.75) is 18.8 Å². The Hall–Kier alpha value is -1.11. The smallest absolute Gasteiger partial charge is 0.379 e. The van der Waals surface area contributed by atoms with E-state index in [0.29, 0.717) is 13.0 Å². The molecule has 1 N–H and O–H groups in total. The Morgan fingerprint density at radius 1 is 1.44 bits per heavy atom. The maximum atomic E-state index is 12.4. The minimum atomic E-state index is -4.65. The molecule has 0 aliphatic carbocycles. The molecule has 0 aromatic carbocycles. The molecule has 0 saturated heterocycles. The van der Waals surface area contributed by atoms with Gasteiger partial charge < -0.3 is 10.1 Å². The van der Waals surface area contributed by atoms with Crippen LogP contribution in [-0.2, 0) is 9.53 Å². The molecule has 0 saturated carbocycles. The number of hydrogen-bond donors (Lipinski definition) is 1. The Morgan fingerprint density at radius 2 is 2.06 bits per heavy atom. The van der Waals surface area contributed by atoms with E-state index in [1.165, 1.54) is 0 Å². The van der Waals surface area contributed by atoms with Gasteiger partial charge in [-0.15, -0.1) is 6.58 Å². The van der Waals surface area contributed by atoms with E-state index in [-0.39, 0.29) is 13.2 Å². The van der Waals surface area contributed by atoms with Crippen molar-refractivity contribution in [3.05, 3.63) is 12.7 Å². The van der Waals surface area contributed by atoms with Crippen LogP contribution in [0.5, 0.6) is 0 Å². The summed E-state index contributed by atoms with van der Waals surface area (Å²) in [7, 11) is 0. The van der Waals surface area contributed by atoms with Crippen molar-refractivity contribution in [2.24, 2.45) is 0 Å². The molecule has 0 radical (unpaired) electrons. The summed E-state index contributed by atoms with van der Waals surface area (Å²) in [5.41, 5.74) is 0. The molecule has 0 unspecified atom stereocenters. The van der Waals surface area contributed by atoms with Gasteiger partial charge in [-0.2, -0.15) is 8.78 Å². The maximum Gasteiger partial charge on any atom is 0.383 e. The fourth-order valence-corrected chi connectivity index (χ4v) is 0.722. The van der Waals surface area contributed by atoms with E-state index in [4.69, 9.17) is 4.74 Å². The van der Waals surface area contributed by atoms with E-state index in [2.05, 4.69) is 6.58 Å². The molecule has 0 fully saturated rings. The van der Waals surface area contributed by atoms with Gasteiger partial charge in [0.05, 0.1) is 13.2 Å². The van der Waals surface area contributed by atoms with Crippen LogP contribution in [0.4, 0.5) is 17.6 Å². The molecule has 0 aromatic heterocycles. The van der Waals surface area contributed by atoms with Crippen LogP contribution in [-0.4, -0.2) is 38.0 Å². The van der Waals surface area contributed by atoms with Crippen LogP contribution in [0, 0.1) is 0 Å². The third kappa shape index (κ3) is 5.11. The zero-order chi connectivity index (χ0) is 12.6. The first-order valence-corrected chi connectivity index (χ1v) is 4.55. The average molecular weight is 243 g/mol. The summed E-state index contributed by atoms with van der Waals surface area (Å²) >= 11 is 0. The predicted octanol–water partition coefficient (Wildman–Crippen LogP) is 1.60. The van der Waals surface area contributed by atoms with Gasteiger partial charge in [-0.25, -0.2) is 8.78 Å². The topological polar surface area (TPSA) is 38.3 Å². The normalized spacial score (nSPS) is 11.6. The second-order valence-electron chi connectivity index (χ2n) is 2.87. The predicted molar refractivity (Wildman–Crippen MR) is 49.6 cm³/mol. The lowest BCUT2D eigenvalue weighted by molar-refractivity contribution is -0.169. The number of amides is 1. The Balaban J connectivity index is 3.69. The molecule has 0 bridgehead atoms. The first-order valence-electron chi connectivity index (χ1n) is 4.55. The lowest BCUT2D eigenvalue weighted by atomic mass is 10.3. The van der Waals surface area contributed by atoms with E-state index < -0.39 is 18.3 Å². The van der Waals surface area contributed by atoms with Gasteiger partial charge in [-0.1, -0.05) is 6.08 Å². The van der Waals surface area contributed by atoms with Crippen molar-refractivity contribution < 1.29 is 27.1 Å². The largest absolute Gasteiger partial charge is 0.383 e. The van der Waals surface area contributed by atoms with Gasteiger partial charge in [0.1, 0.15) is 0 Å². The monoisotopic (exact) mass is 243 g/mol. The standard InChI is InChI=1S/C9H13F4NO2/c1-2-3-5-16-6-4-14-8(15)9(12,13)7(10)11/h2,7H,1,3-6H2,(H,14,15). The second kappa shape index (κ2) is 7.21. The number of halogens is 4. The molecule has 0 atom stereocenters. The molecule has 7 heteroatoms. The van der Waals surface area contributed by atoms with Gasteiger partial charge in [0, 0.05) is 6.54 Å². The molecule has 0 rings (SSSR count). The Bertz CT molecular complexity index is 234. The number of carbonyl (C=O) groups is 1. The van der Waals surface area contributed by atoms with Crippen LogP contribution in [0.1, 0.15) is 6.42 Å². The fourth-order valence-electron chi connectivity index (χ4n) is 0.722. The number of alkyl halides is 4. The average Bonchev–Trinajstić information content (AvgIpc) is 2.22. The Labute approximate surface area is 90.5 Å². The summed E-state index contributed by atoms with van der Waals surface area (Å²) in [6.45, 7) is 3.51. The van der Waals surface area contributed by atoms with E-state index in [0.717, 1.165) is 0 Å². The van der Waals surface area contributed by atoms with Gasteiger partial charge in [0.2, 0.25) is 0 Å². The molecule has 16 heavy (non-hydrogen) atoms. The highest BCUT2D eigenvalue weighted by Gasteiger charge is 2.48. The summed E-state index contributed by atoms with van der Waals surface area (Å²) in [6.07, 6.45) is -1.82. The van der Waals surface area contributed by atoms with Crippen LogP contribution in [0.2, 0.25) is 0 Å². The van der Waals surface area contributed by atoms with Gasteiger partial charge in [0.15, 0.2) is 0 Å². The minimum Gasteiger partial charge on any atom is -0.379 e. The highest BCUT2D eigenvalue weighted by atomic mass is 19.3. The quantitative estimate of drug-likeness (QED) is 0.399. The number of ether oxygens (including phenoxy) is 1. The summed E-state index contributed by atoms with van der Waals surface area (Å²) < 4.78 is 53.0. The van der Waals surface area contributed by atoms with E-state index in [1.807, 2.05) is 0 Å². The molecule has 0 spiro atoms. The van der Waals surface area contributed by atoms with Gasteiger partial charge in [0.25, 0.3) is 5.91 Å². The maximum absolute atomic E-state index is 12.4. The minimum absolute atomic E-state index is 0.0150. The summed E-state index contributed by atoms with van der Waals surface area (Å²) in [4.78, 5) is 10.6. The van der Waals surface area contributed by atoms with Gasteiger partial charge >= 0.3 is 12.3 Å². The molecular formula is C9H13F4NO2. The Morgan fingerprint density at radius 3 is 2.56 bits per heavy atom. The summed E-state index contributed by atoms with van der Waals surface area (Å²) in [5, 5.41) is 1.66. The second-order valence-corrected chi connectivity index (χ2v) is 2.87. The lowest BCUT2D eigenvalue weighted by Gasteiger charge is -2.14. The molecule has 0 aliphatic rings. The summed E-state index contributed by atoms with van der Waals surface area (Å²) in [6, 6.07) is 0. The van der Waals surface area contributed by atoms with Crippen molar-refractivity contribution in [2.75, 3.05) is 19.8 Å². The van der Waals surface area contributed by atoms with Gasteiger partial charge in [-0.05, 0) is 6.42 Å². The Kier molecular flexibility index (Phi) is 6.71. The van der Waals surface area contributed by atoms with Crippen LogP contribution in [0.25, 0.3) is 0 Å². The highest BCUT2D eigenvalue weighted by Crippen LogP contribution is 2.22.